The molecule has 72 valence electrons. The van der Waals surface area contributed by atoms with Crippen molar-refractivity contribution in [1.29, 1.82) is 0 Å². The van der Waals surface area contributed by atoms with E-state index >= 15 is 0 Å². The third-order valence-corrected chi connectivity index (χ3v) is 1.80. The molecule has 0 heterocycles. The van der Waals surface area contributed by atoms with E-state index in [0.29, 0.717) is 0 Å². The van der Waals surface area contributed by atoms with Gasteiger partial charge in [0.2, 0.25) is 0 Å². The number of carbonyl (C=O) groups excluding carboxylic acids is 1. The molecule has 0 fully saturated rings. The van der Waals surface area contributed by atoms with Crippen molar-refractivity contribution in [3.63, 3.8) is 0 Å². The quantitative estimate of drug-likeness (QED) is 0.599. The van der Waals surface area contributed by atoms with Crippen LogP contribution in [-0.4, -0.2) is 17.7 Å². The van der Waals surface area contributed by atoms with Gasteiger partial charge in [0.05, 0.1) is 5.02 Å². The summed E-state index contributed by atoms with van der Waals surface area (Å²) in [6.07, 6.45) is 4.91. The lowest BCUT2D eigenvalue weighted by molar-refractivity contribution is 0.0553. The molecule has 0 bridgehead atoms. The van der Waals surface area contributed by atoms with Gasteiger partial charge in [-0.1, -0.05) is 23.6 Å². The summed E-state index contributed by atoms with van der Waals surface area (Å²) in [7, 11) is 0. The van der Waals surface area contributed by atoms with E-state index in [9.17, 15) is 9.90 Å². The van der Waals surface area contributed by atoms with Crippen LogP contribution in [0.25, 0.3) is 0 Å². The van der Waals surface area contributed by atoms with E-state index in [4.69, 9.17) is 18.0 Å². The number of aromatic hydroxyl groups is 1. The molecule has 0 unspecified atom stereocenters. The summed E-state index contributed by atoms with van der Waals surface area (Å²) in [5.74, 6) is 1.16. The van der Waals surface area contributed by atoms with Gasteiger partial charge in [-0.3, -0.25) is 0 Å². The fourth-order valence-electron chi connectivity index (χ4n) is 0.865. The molecule has 1 aromatic rings. The van der Waals surface area contributed by atoms with Crippen molar-refractivity contribution in [2.75, 3.05) is 6.61 Å². The van der Waals surface area contributed by atoms with Gasteiger partial charge in [-0.25, -0.2) is 4.79 Å². The molecule has 14 heavy (non-hydrogen) atoms. The van der Waals surface area contributed by atoms with E-state index in [0.717, 1.165) is 0 Å². The molecule has 0 aliphatic carbocycles. The molecule has 0 aliphatic rings. The topological polar surface area (TPSA) is 46.5 Å². The average molecular weight is 211 g/mol. The smallest absolute Gasteiger partial charge is 0.342 e. The van der Waals surface area contributed by atoms with Crippen LogP contribution in [0, 0.1) is 12.3 Å². The highest BCUT2D eigenvalue weighted by Crippen LogP contribution is 2.27. The number of para-hydroxylation sites is 1. The van der Waals surface area contributed by atoms with Crippen molar-refractivity contribution in [3.05, 3.63) is 28.8 Å². The average Bonchev–Trinajstić information content (AvgIpc) is 2.18. The number of hydrogen-bond acceptors (Lipinski definition) is 3. The molecule has 0 amide bonds. The highest BCUT2D eigenvalue weighted by molar-refractivity contribution is 6.32. The minimum Gasteiger partial charge on any atom is -0.505 e. The first-order chi connectivity index (χ1) is 6.66. The maximum atomic E-state index is 11.2. The van der Waals surface area contributed by atoms with Crippen LogP contribution in [-0.2, 0) is 4.74 Å². The van der Waals surface area contributed by atoms with Crippen LogP contribution in [0.4, 0.5) is 0 Å². The molecule has 0 radical (unpaired) electrons. The fourth-order valence-corrected chi connectivity index (χ4v) is 1.04. The van der Waals surface area contributed by atoms with Crippen molar-refractivity contribution in [2.24, 2.45) is 0 Å². The summed E-state index contributed by atoms with van der Waals surface area (Å²) in [6.45, 7) is -0.134. The van der Waals surface area contributed by atoms with Crippen LogP contribution in [0.3, 0.4) is 0 Å². The van der Waals surface area contributed by atoms with Crippen LogP contribution >= 0.6 is 11.6 Å². The van der Waals surface area contributed by atoms with Gasteiger partial charge < -0.3 is 9.84 Å². The van der Waals surface area contributed by atoms with Gasteiger partial charge in [-0.15, -0.1) is 6.42 Å². The Morgan fingerprint density at radius 2 is 2.36 bits per heavy atom. The van der Waals surface area contributed by atoms with Crippen molar-refractivity contribution < 1.29 is 14.6 Å². The number of ether oxygens (including phenoxy) is 1. The second-order valence-corrected chi connectivity index (χ2v) is 2.82. The monoisotopic (exact) mass is 210 g/mol. The maximum Gasteiger partial charge on any atom is 0.342 e. The van der Waals surface area contributed by atoms with Gasteiger partial charge in [0.15, 0.2) is 6.61 Å². The van der Waals surface area contributed by atoms with E-state index in [-0.39, 0.29) is 22.9 Å². The van der Waals surface area contributed by atoms with Crippen molar-refractivity contribution >= 4 is 17.6 Å². The molecule has 1 rings (SSSR count). The van der Waals surface area contributed by atoms with Gasteiger partial charge in [0.25, 0.3) is 0 Å². The maximum absolute atomic E-state index is 11.2. The van der Waals surface area contributed by atoms with Crippen molar-refractivity contribution in [2.45, 2.75) is 0 Å². The molecular formula is C10H7ClO3. The molecule has 0 aromatic heterocycles. The number of terminal acetylenes is 1. The van der Waals surface area contributed by atoms with E-state index in [2.05, 4.69) is 10.7 Å². The van der Waals surface area contributed by atoms with Gasteiger partial charge in [-0.2, -0.15) is 0 Å². The third-order valence-electron chi connectivity index (χ3n) is 1.49. The summed E-state index contributed by atoms with van der Waals surface area (Å²) in [5, 5.41) is 9.48. The first-order valence-corrected chi connectivity index (χ1v) is 4.12. The standard InChI is InChI=1S/C10H7ClO3/c1-2-6-14-10(13)7-4-3-5-8(11)9(7)12/h1,3-5,12H,6H2. The molecule has 0 aliphatic heterocycles. The SMILES string of the molecule is C#CCOC(=O)c1cccc(Cl)c1O. The molecule has 0 saturated heterocycles. The Morgan fingerprint density at radius 1 is 1.64 bits per heavy atom. The van der Waals surface area contributed by atoms with E-state index in [1.54, 1.807) is 0 Å². The zero-order valence-electron chi connectivity index (χ0n) is 7.16. The lowest BCUT2D eigenvalue weighted by atomic mass is 10.2. The Morgan fingerprint density at radius 3 is 3.00 bits per heavy atom. The lowest BCUT2D eigenvalue weighted by Crippen LogP contribution is -2.05. The summed E-state index contributed by atoms with van der Waals surface area (Å²) in [4.78, 5) is 11.2. The number of esters is 1. The Hall–Kier alpha value is -1.66. The minimum absolute atomic E-state index is 0.00718. The minimum atomic E-state index is -0.692. The number of rotatable bonds is 2. The predicted octanol–water partition coefficient (Wildman–Crippen LogP) is 1.84. The van der Waals surface area contributed by atoms with Crippen LogP contribution in [0.5, 0.6) is 5.75 Å². The Kier molecular flexibility index (Phi) is 3.38. The summed E-state index contributed by atoms with van der Waals surface area (Å²) in [6, 6.07) is 4.41. The highest BCUT2D eigenvalue weighted by Gasteiger charge is 2.13. The number of carbonyl (C=O) groups is 1. The zero-order valence-corrected chi connectivity index (χ0v) is 7.91. The molecule has 0 saturated carbocycles. The van der Waals surface area contributed by atoms with Gasteiger partial charge in [-0.05, 0) is 12.1 Å². The summed E-state index contributed by atoms with van der Waals surface area (Å²) >= 11 is 5.59. The van der Waals surface area contributed by atoms with Gasteiger partial charge >= 0.3 is 5.97 Å². The molecule has 0 atom stereocenters. The van der Waals surface area contributed by atoms with Crippen LogP contribution in [0.1, 0.15) is 10.4 Å². The number of benzene rings is 1. The second-order valence-electron chi connectivity index (χ2n) is 2.42. The summed E-state index contributed by atoms with van der Waals surface area (Å²) < 4.78 is 4.62. The Balaban J connectivity index is 2.91. The normalized spacial score (nSPS) is 9.14. The summed E-state index contributed by atoms with van der Waals surface area (Å²) in [5.41, 5.74) is 0.00718. The molecule has 0 spiro atoms. The van der Waals surface area contributed by atoms with Crippen LogP contribution < -0.4 is 0 Å². The van der Waals surface area contributed by atoms with E-state index in [1.165, 1.54) is 18.2 Å². The number of halogens is 1. The molecule has 3 nitrogen and oxygen atoms in total. The molecular weight excluding hydrogens is 204 g/mol. The highest BCUT2D eigenvalue weighted by atomic mass is 35.5. The number of hydrogen-bond donors (Lipinski definition) is 1. The van der Waals surface area contributed by atoms with Crippen molar-refractivity contribution in [1.82, 2.24) is 0 Å². The number of phenolic OH excluding ortho intramolecular Hbond substituents is 1. The van der Waals surface area contributed by atoms with Gasteiger partial charge in [0, 0.05) is 0 Å². The molecule has 1 N–H and O–H groups in total. The van der Waals surface area contributed by atoms with E-state index < -0.39 is 5.97 Å². The first kappa shape index (κ1) is 10.4. The van der Waals surface area contributed by atoms with Crippen molar-refractivity contribution in [3.8, 4) is 18.1 Å². The predicted molar refractivity (Wildman–Crippen MR) is 52.2 cm³/mol. The largest absolute Gasteiger partial charge is 0.505 e. The molecule has 4 heteroatoms. The zero-order chi connectivity index (χ0) is 10.6. The van der Waals surface area contributed by atoms with E-state index in [1.807, 2.05) is 0 Å². The first-order valence-electron chi connectivity index (χ1n) is 3.75. The lowest BCUT2D eigenvalue weighted by Gasteiger charge is -2.04. The molecule has 1 aromatic carbocycles. The second kappa shape index (κ2) is 4.54. The van der Waals surface area contributed by atoms with Crippen LogP contribution in [0.15, 0.2) is 18.2 Å². The fraction of sp³-hybridized carbons (Fsp3) is 0.100. The van der Waals surface area contributed by atoms with Crippen LogP contribution in [0.2, 0.25) is 5.02 Å². The number of phenols is 1. The third kappa shape index (κ3) is 2.18. The Labute approximate surface area is 86.3 Å². The van der Waals surface area contributed by atoms with Gasteiger partial charge in [0.1, 0.15) is 11.3 Å². The Bertz CT molecular complexity index is 393.